The Hall–Kier alpha value is -0.306. The SMILES string of the molecule is COc1ccc(CCO[Si](C)(C)C(C)(C)C)c(Br)c1O[Si](C)(C)C(C)(C)C. The fraction of sp³-hybridized carbons (Fsp3) is 0.714. The van der Waals surface area contributed by atoms with Crippen LogP contribution < -0.4 is 9.16 Å². The van der Waals surface area contributed by atoms with Crippen LogP contribution in [0.4, 0.5) is 0 Å². The molecule has 0 aliphatic carbocycles. The summed E-state index contributed by atoms with van der Waals surface area (Å²) in [5.41, 5.74) is 1.20. The molecule has 0 fully saturated rings. The van der Waals surface area contributed by atoms with E-state index in [4.69, 9.17) is 13.6 Å². The Balaban J connectivity index is 3.06. The normalized spacial score (nSPS) is 13.6. The number of halogens is 1. The van der Waals surface area contributed by atoms with Gasteiger partial charge in [0.15, 0.2) is 19.8 Å². The van der Waals surface area contributed by atoms with Crippen LogP contribution in [0.15, 0.2) is 16.6 Å². The molecule has 3 nitrogen and oxygen atoms in total. The molecule has 0 bridgehead atoms. The highest BCUT2D eigenvalue weighted by molar-refractivity contribution is 9.10. The molecule has 0 spiro atoms. The minimum atomic E-state index is -1.97. The zero-order valence-corrected chi connectivity index (χ0v) is 22.8. The topological polar surface area (TPSA) is 27.7 Å². The highest BCUT2D eigenvalue weighted by Gasteiger charge is 2.40. The highest BCUT2D eigenvalue weighted by atomic mass is 79.9. The summed E-state index contributed by atoms with van der Waals surface area (Å²) in [7, 11) is -2.01. The molecule has 0 saturated carbocycles. The molecule has 1 aromatic rings. The highest BCUT2D eigenvalue weighted by Crippen LogP contribution is 2.44. The molecule has 0 saturated heterocycles. The van der Waals surface area contributed by atoms with Gasteiger partial charge in [0, 0.05) is 6.61 Å². The van der Waals surface area contributed by atoms with E-state index < -0.39 is 16.6 Å². The van der Waals surface area contributed by atoms with E-state index in [2.05, 4.69) is 89.7 Å². The first-order valence-corrected chi connectivity index (χ1v) is 16.3. The van der Waals surface area contributed by atoms with E-state index in [-0.39, 0.29) is 10.1 Å². The second kappa shape index (κ2) is 8.60. The largest absolute Gasteiger partial charge is 0.540 e. The maximum Gasteiger partial charge on any atom is 0.250 e. The van der Waals surface area contributed by atoms with Crippen LogP contribution in [-0.4, -0.2) is 30.4 Å². The quantitative estimate of drug-likeness (QED) is 0.384. The first-order valence-electron chi connectivity index (χ1n) is 9.72. The Morgan fingerprint density at radius 2 is 1.41 bits per heavy atom. The number of benzene rings is 1. The van der Waals surface area contributed by atoms with Gasteiger partial charge >= 0.3 is 0 Å². The Labute approximate surface area is 177 Å². The van der Waals surface area contributed by atoms with Crippen molar-refractivity contribution in [3.8, 4) is 11.5 Å². The summed E-state index contributed by atoms with van der Waals surface area (Å²) >= 11 is 3.79. The number of ether oxygens (including phenoxy) is 1. The average molecular weight is 476 g/mol. The van der Waals surface area contributed by atoms with Gasteiger partial charge in [0.2, 0.25) is 0 Å². The third-order valence-electron chi connectivity index (χ3n) is 6.16. The van der Waals surface area contributed by atoms with Gasteiger partial charge in [-0.3, -0.25) is 0 Å². The first kappa shape index (κ1) is 24.7. The van der Waals surface area contributed by atoms with Crippen LogP contribution in [0.1, 0.15) is 47.1 Å². The molecule has 1 rings (SSSR count). The Morgan fingerprint density at radius 1 is 0.889 bits per heavy atom. The lowest BCUT2D eigenvalue weighted by molar-refractivity contribution is 0.291. The van der Waals surface area contributed by atoms with Crippen molar-refractivity contribution in [2.75, 3.05) is 13.7 Å². The van der Waals surface area contributed by atoms with E-state index in [0.717, 1.165) is 29.0 Å². The fourth-order valence-electron chi connectivity index (χ4n) is 2.07. The van der Waals surface area contributed by atoms with Gasteiger partial charge in [-0.25, -0.2) is 0 Å². The third kappa shape index (κ3) is 6.08. The second-order valence-corrected chi connectivity index (χ2v) is 20.6. The summed E-state index contributed by atoms with van der Waals surface area (Å²) in [5.74, 6) is 1.61. The Kier molecular flexibility index (Phi) is 7.87. The van der Waals surface area contributed by atoms with Crippen LogP contribution in [0.3, 0.4) is 0 Å². The minimum Gasteiger partial charge on any atom is -0.540 e. The van der Waals surface area contributed by atoms with Crippen molar-refractivity contribution >= 4 is 32.6 Å². The van der Waals surface area contributed by atoms with E-state index in [1.165, 1.54) is 5.56 Å². The van der Waals surface area contributed by atoms with Gasteiger partial charge in [-0.1, -0.05) is 47.6 Å². The molecule has 0 N–H and O–H groups in total. The van der Waals surface area contributed by atoms with E-state index in [1.54, 1.807) is 7.11 Å². The molecule has 0 radical (unpaired) electrons. The van der Waals surface area contributed by atoms with Gasteiger partial charge in [0.05, 0.1) is 11.6 Å². The fourth-order valence-corrected chi connectivity index (χ4v) is 4.89. The molecule has 0 amide bonds. The van der Waals surface area contributed by atoms with Crippen molar-refractivity contribution in [3.05, 3.63) is 22.2 Å². The average Bonchev–Trinajstić information content (AvgIpc) is 2.48. The molecule has 6 heteroatoms. The summed E-state index contributed by atoms with van der Waals surface area (Å²) in [6, 6.07) is 4.12. The summed E-state index contributed by atoms with van der Waals surface area (Å²) in [6.07, 6.45) is 0.852. The first-order chi connectivity index (χ1) is 12.0. The second-order valence-electron chi connectivity index (χ2n) is 10.3. The lowest BCUT2D eigenvalue weighted by Crippen LogP contribution is -2.44. The zero-order valence-electron chi connectivity index (χ0n) is 19.2. The third-order valence-corrected chi connectivity index (χ3v) is 15.9. The number of rotatable bonds is 7. The molecule has 0 atom stereocenters. The van der Waals surface area contributed by atoms with E-state index in [0.29, 0.717) is 0 Å². The van der Waals surface area contributed by atoms with Crippen molar-refractivity contribution in [2.45, 2.75) is 84.2 Å². The maximum atomic E-state index is 6.60. The summed E-state index contributed by atoms with van der Waals surface area (Å²) in [4.78, 5) is 0. The molecular weight excluding hydrogens is 436 g/mol. The van der Waals surface area contributed by atoms with Gasteiger partial charge < -0.3 is 13.6 Å². The van der Waals surface area contributed by atoms with Gasteiger partial charge in [-0.05, 0) is 70.2 Å². The van der Waals surface area contributed by atoms with Crippen LogP contribution in [0.25, 0.3) is 0 Å². The van der Waals surface area contributed by atoms with Crippen molar-refractivity contribution in [3.63, 3.8) is 0 Å². The minimum absolute atomic E-state index is 0.124. The van der Waals surface area contributed by atoms with Gasteiger partial charge in [-0.2, -0.15) is 0 Å². The van der Waals surface area contributed by atoms with Gasteiger partial charge in [0.25, 0.3) is 8.32 Å². The summed E-state index contributed by atoms with van der Waals surface area (Å²) in [5, 5.41) is 0.347. The molecule has 156 valence electrons. The standard InChI is InChI=1S/C21H39BrO3Si2/c1-20(2,3)26(8,9)24-15-14-16-12-13-17(23-7)19(18(16)22)25-27(10,11)21(4,5)6/h12-13H,14-15H2,1-11H3. The maximum absolute atomic E-state index is 6.60. The molecular formula is C21H39BrO3Si2. The number of methoxy groups -OCH3 is 1. The van der Waals surface area contributed by atoms with E-state index >= 15 is 0 Å². The molecule has 27 heavy (non-hydrogen) atoms. The molecule has 1 aromatic carbocycles. The zero-order chi connectivity index (χ0) is 21.3. The molecule has 0 aliphatic rings. The molecule has 0 aliphatic heterocycles. The van der Waals surface area contributed by atoms with Crippen molar-refractivity contribution in [1.82, 2.24) is 0 Å². The van der Waals surface area contributed by atoms with Crippen LogP contribution in [0.2, 0.25) is 36.3 Å². The van der Waals surface area contributed by atoms with E-state index in [1.807, 2.05) is 6.07 Å². The van der Waals surface area contributed by atoms with Crippen LogP contribution >= 0.6 is 15.9 Å². The Bertz CT molecular complexity index is 644. The number of hydrogen-bond acceptors (Lipinski definition) is 3. The van der Waals surface area contributed by atoms with Gasteiger partial charge in [0.1, 0.15) is 0 Å². The van der Waals surface area contributed by atoms with Crippen molar-refractivity contribution in [2.24, 2.45) is 0 Å². The van der Waals surface area contributed by atoms with Gasteiger partial charge in [-0.15, -0.1) is 0 Å². The van der Waals surface area contributed by atoms with Crippen LogP contribution in [-0.2, 0) is 10.8 Å². The smallest absolute Gasteiger partial charge is 0.250 e. The van der Waals surface area contributed by atoms with Crippen molar-refractivity contribution < 1.29 is 13.6 Å². The number of hydrogen-bond donors (Lipinski definition) is 0. The molecule has 0 unspecified atom stereocenters. The Morgan fingerprint density at radius 3 is 1.85 bits per heavy atom. The lowest BCUT2D eigenvalue weighted by Gasteiger charge is -2.37. The van der Waals surface area contributed by atoms with E-state index in [9.17, 15) is 0 Å². The van der Waals surface area contributed by atoms with Crippen molar-refractivity contribution in [1.29, 1.82) is 0 Å². The summed E-state index contributed by atoms with van der Waals surface area (Å²) < 4.78 is 19.5. The molecule has 0 aromatic heterocycles. The monoisotopic (exact) mass is 474 g/mol. The molecule has 0 heterocycles. The lowest BCUT2D eigenvalue weighted by atomic mass is 10.1. The predicted molar refractivity (Wildman–Crippen MR) is 125 cm³/mol. The van der Waals surface area contributed by atoms with Crippen LogP contribution in [0, 0.1) is 0 Å². The summed E-state index contributed by atoms with van der Waals surface area (Å²) in [6.45, 7) is 23.4. The predicted octanol–water partition coefficient (Wildman–Crippen LogP) is 7.41. The van der Waals surface area contributed by atoms with Crippen LogP contribution in [0.5, 0.6) is 11.5 Å².